The molecule has 1 aromatic rings. The lowest BCUT2D eigenvalue weighted by Gasteiger charge is -2.34. The number of ether oxygens (including phenoxy) is 1. The molecule has 0 aliphatic heterocycles. The molecule has 0 saturated heterocycles. The van der Waals surface area contributed by atoms with Gasteiger partial charge in [0.1, 0.15) is 11.1 Å². The maximum Gasteiger partial charge on any atom is 0.441 e. The van der Waals surface area contributed by atoms with E-state index >= 15 is 0 Å². The number of rotatable bonds is 4. The molecule has 0 aromatic carbocycles. The lowest BCUT2D eigenvalue weighted by molar-refractivity contribution is -0.206. The van der Waals surface area contributed by atoms with Crippen LogP contribution in [-0.2, 0) is 27.2 Å². The van der Waals surface area contributed by atoms with E-state index in [1.54, 1.807) is 5.32 Å². The molecule has 0 spiro atoms. The lowest BCUT2D eigenvalue weighted by atomic mass is 9.72. The molecule has 29 heavy (non-hydrogen) atoms. The minimum absolute atomic E-state index is 0.0139. The summed E-state index contributed by atoms with van der Waals surface area (Å²) in [7, 11) is 0.797. The van der Waals surface area contributed by atoms with Crippen molar-refractivity contribution in [1.82, 2.24) is 5.32 Å². The van der Waals surface area contributed by atoms with Gasteiger partial charge in [0.25, 0.3) is 0 Å². The van der Waals surface area contributed by atoms with Crippen molar-refractivity contribution in [2.75, 3.05) is 12.4 Å². The van der Waals surface area contributed by atoms with Crippen LogP contribution in [0.5, 0.6) is 0 Å². The Hall–Kier alpha value is -2.28. The van der Waals surface area contributed by atoms with Gasteiger partial charge in [-0.25, -0.2) is 4.79 Å². The Morgan fingerprint density at radius 3 is 2.34 bits per heavy atom. The number of nitrogens with zero attached hydrogens (tertiary/aromatic N) is 1. The third-order valence-electron chi connectivity index (χ3n) is 5.18. The molecule has 1 aliphatic rings. The molecular formula is C19H24F3N3O3S. The van der Waals surface area contributed by atoms with Crippen molar-refractivity contribution in [3.8, 4) is 6.07 Å². The highest BCUT2D eigenvalue weighted by atomic mass is 32.1. The van der Waals surface area contributed by atoms with Gasteiger partial charge in [0.05, 0.1) is 12.7 Å². The van der Waals surface area contributed by atoms with Gasteiger partial charge in [-0.05, 0) is 36.2 Å². The number of fused-ring (bicyclic) bond motifs is 1. The number of carbonyl (C=O) groups is 2. The number of carbonyl (C=O) groups excluding carboxylic acids is 2. The van der Waals surface area contributed by atoms with Gasteiger partial charge in [0, 0.05) is 11.8 Å². The van der Waals surface area contributed by atoms with Crippen LogP contribution in [0.4, 0.5) is 18.2 Å². The van der Waals surface area contributed by atoms with E-state index in [1.807, 2.05) is 6.07 Å². The van der Waals surface area contributed by atoms with E-state index in [0.29, 0.717) is 24.3 Å². The minimum Gasteiger partial charge on any atom is -0.466 e. The number of halogens is 3. The Balaban J connectivity index is 2.56. The van der Waals surface area contributed by atoms with Crippen molar-refractivity contribution < 1.29 is 27.5 Å². The number of esters is 1. The average Bonchev–Trinajstić information content (AvgIpc) is 2.94. The van der Waals surface area contributed by atoms with E-state index in [1.165, 1.54) is 0 Å². The predicted molar refractivity (Wildman–Crippen MR) is 102 cm³/mol. The average molecular weight is 431 g/mol. The highest BCUT2D eigenvalue weighted by molar-refractivity contribution is 7.16. The second-order valence-corrected chi connectivity index (χ2v) is 9.28. The first kappa shape index (κ1) is 23.0. The molecule has 0 unspecified atom stereocenters. The van der Waals surface area contributed by atoms with Crippen molar-refractivity contribution in [2.24, 2.45) is 11.3 Å². The summed E-state index contributed by atoms with van der Waals surface area (Å²) in [6.07, 6.45) is -3.20. The zero-order chi connectivity index (χ0) is 22.2. The van der Waals surface area contributed by atoms with Crippen LogP contribution in [0.25, 0.3) is 0 Å². The summed E-state index contributed by atoms with van der Waals surface area (Å²) in [6, 6.07) is 1.96. The Bertz CT molecular complexity index is 852. The van der Waals surface area contributed by atoms with Gasteiger partial charge in [0.2, 0.25) is 5.91 Å². The molecule has 2 rings (SSSR count). The third-order valence-corrected chi connectivity index (χ3v) is 6.35. The monoisotopic (exact) mass is 431 g/mol. The maximum atomic E-state index is 13.9. The van der Waals surface area contributed by atoms with Crippen molar-refractivity contribution in [3.63, 3.8) is 0 Å². The van der Waals surface area contributed by atoms with Crippen LogP contribution in [0.1, 0.15) is 50.1 Å². The van der Waals surface area contributed by atoms with Crippen LogP contribution in [0.15, 0.2) is 0 Å². The van der Waals surface area contributed by atoms with Crippen molar-refractivity contribution in [2.45, 2.75) is 58.8 Å². The fourth-order valence-electron chi connectivity index (χ4n) is 3.51. The maximum absolute atomic E-state index is 13.9. The van der Waals surface area contributed by atoms with Gasteiger partial charge in [-0.3, -0.25) is 4.79 Å². The summed E-state index contributed by atoms with van der Waals surface area (Å²) in [5.74, 6) is -2.48. The third kappa shape index (κ3) is 4.34. The molecule has 1 aliphatic carbocycles. The summed E-state index contributed by atoms with van der Waals surface area (Å²) in [5, 5.41) is 13.2. The number of hydrogen-bond acceptors (Lipinski definition) is 6. The topological polar surface area (TPSA) is 91.2 Å². The van der Waals surface area contributed by atoms with Crippen molar-refractivity contribution >= 4 is 28.2 Å². The van der Waals surface area contributed by atoms with Crippen molar-refractivity contribution in [1.29, 1.82) is 5.26 Å². The van der Waals surface area contributed by atoms with Gasteiger partial charge in [0.15, 0.2) is 0 Å². The minimum atomic E-state index is -5.21. The molecule has 0 fully saturated rings. The SMILES string of the molecule is COC(=O)[C@@](NC(C)=O)(Nc1sc2c(c1C#N)CC[C@H](C(C)(C)C)C2)C(F)(F)F. The normalized spacial score (nSPS) is 18.8. The molecule has 0 saturated carbocycles. The first-order chi connectivity index (χ1) is 13.3. The summed E-state index contributed by atoms with van der Waals surface area (Å²) in [6.45, 7) is 7.17. The highest BCUT2D eigenvalue weighted by Crippen LogP contribution is 2.45. The Labute approximate surface area is 171 Å². The zero-order valence-corrected chi connectivity index (χ0v) is 17.7. The molecule has 1 aromatic heterocycles. The second kappa shape index (κ2) is 7.86. The fraction of sp³-hybridized carbons (Fsp3) is 0.632. The van der Waals surface area contributed by atoms with E-state index in [0.717, 1.165) is 36.7 Å². The number of nitriles is 1. The summed E-state index contributed by atoms with van der Waals surface area (Å²) in [4.78, 5) is 24.5. The number of alkyl halides is 3. The molecule has 2 atom stereocenters. The molecular weight excluding hydrogens is 407 g/mol. The van der Waals surface area contributed by atoms with Crippen LogP contribution in [0.3, 0.4) is 0 Å². The largest absolute Gasteiger partial charge is 0.466 e. The highest BCUT2D eigenvalue weighted by Gasteiger charge is 2.63. The van der Waals surface area contributed by atoms with Crippen LogP contribution in [-0.4, -0.2) is 30.8 Å². The van der Waals surface area contributed by atoms with E-state index in [9.17, 15) is 28.0 Å². The molecule has 6 nitrogen and oxygen atoms in total. The number of amides is 1. The van der Waals surface area contributed by atoms with E-state index < -0.39 is 23.7 Å². The molecule has 0 bridgehead atoms. The van der Waals surface area contributed by atoms with Crippen LogP contribution < -0.4 is 10.6 Å². The van der Waals surface area contributed by atoms with Crippen LogP contribution >= 0.6 is 11.3 Å². The number of methoxy groups -OCH3 is 1. The molecule has 0 radical (unpaired) electrons. The number of hydrogen-bond donors (Lipinski definition) is 2. The van der Waals surface area contributed by atoms with E-state index in [2.05, 4.69) is 30.8 Å². The van der Waals surface area contributed by atoms with Gasteiger partial charge in [-0.1, -0.05) is 20.8 Å². The predicted octanol–water partition coefficient (Wildman–Crippen LogP) is 3.75. The summed E-state index contributed by atoms with van der Waals surface area (Å²) < 4.78 is 46.2. The zero-order valence-electron chi connectivity index (χ0n) is 16.9. The smallest absolute Gasteiger partial charge is 0.441 e. The first-order valence-corrected chi connectivity index (χ1v) is 9.85. The lowest BCUT2D eigenvalue weighted by Crippen LogP contribution is -2.69. The number of nitrogens with one attached hydrogen (secondary N) is 2. The quantitative estimate of drug-likeness (QED) is 0.560. The molecule has 10 heteroatoms. The molecule has 160 valence electrons. The summed E-state index contributed by atoms with van der Waals surface area (Å²) in [5.41, 5.74) is -2.71. The number of thiophene rings is 1. The first-order valence-electron chi connectivity index (χ1n) is 9.03. The Morgan fingerprint density at radius 2 is 1.90 bits per heavy atom. The van der Waals surface area contributed by atoms with Crippen LogP contribution in [0, 0.1) is 22.7 Å². The molecule has 2 N–H and O–H groups in total. The molecule has 1 amide bonds. The second-order valence-electron chi connectivity index (χ2n) is 8.17. The Morgan fingerprint density at radius 1 is 1.28 bits per heavy atom. The van der Waals surface area contributed by atoms with Crippen molar-refractivity contribution in [3.05, 3.63) is 16.0 Å². The van der Waals surface area contributed by atoms with Gasteiger partial charge >= 0.3 is 17.8 Å². The summed E-state index contributed by atoms with van der Waals surface area (Å²) >= 11 is 1.01. The van der Waals surface area contributed by atoms with Gasteiger partial charge in [-0.2, -0.15) is 18.4 Å². The van der Waals surface area contributed by atoms with E-state index in [4.69, 9.17) is 0 Å². The van der Waals surface area contributed by atoms with Gasteiger partial charge < -0.3 is 15.4 Å². The fourth-order valence-corrected chi connectivity index (χ4v) is 4.84. The standard InChI is InChI=1S/C19H24F3N3O3S/c1-10(26)24-18(16(27)28-5,19(20,21)22)25-15-13(9-23)12-7-6-11(17(2,3)4)8-14(12)29-15/h11,25H,6-8H2,1-5H3,(H,24,26)/t11-,18+/m0/s1. The number of anilines is 1. The Kier molecular flexibility index (Phi) is 6.23. The van der Waals surface area contributed by atoms with E-state index in [-0.39, 0.29) is 16.0 Å². The van der Waals surface area contributed by atoms with Crippen LogP contribution in [0.2, 0.25) is 0 Å². The molecule has 1 heterocycles. The van der Waals surface area contributed by atoms with Gasteiger partial charge in [-0.15, -0.1) is 11.3 Å².